The second-order valence-electron chi connectivity index (χ2n) is 5.40. The standard InChI is InChI=1S/C18H23NO2/c1-13(2)21-16-9-7-15(8-10-16)18(19)12-14-5-4-6-17(11-14)20-3/h4-11,13,18H,12,19H2,1-3H3. The zero-order valence-electron chi connectivity index (χ0n) is 12.9. The Bertz CT molecular complexity index is 564. The minimum absolute atomic E-state index is 0.0368. The van der Waals surface area contributed by atoms with E-state index in [1.54, 1.807) is 7.11 Å². The van der Waals surface area contributed by atoms with Gasteiger partial charge in [0, 0.05) is 6.04 Å². The molecule has 21 heavy (non-hydrogen) atoms. The van der Waals surface area contributed by atoms with Crippen LogP contribution in [-0.4, -0.2) is 13.2 Å². The zero-order chi connectivity index (χ0) is 15.2. The van der Waals surface area contributed by atoms with Crippen molar-refractivity contribution < 1.29 is 9.47 Å². The Balaban J connectivity index is 2.03. The molecule has 2 aromatic carbocycles. The number of rotatable bonds is 6. The van der Waals surface area contributed by atoms with Crippen molar-refractivity contribution in [2.45, 2.75) is 32.4 Å². The smallest absolute Gasteiger partial charge is 0.119 e. The largest absolute Gasteiger partial charge is 0.497 e. The Morgan fingerprint density at radius 1 is 1.00 bits per heavy atom. The number of methoxy groups -OCH3 is 1. The van der Waals surface area contributed by atoms with Gasteiger partial charge in [0.05, 0.1) is 13.2 Å². The summed E-state index contributed by atoms with van der Waals surface area (Å²) >= 11 is 0. The van der Waals surface area contributed by atoms with Crippen LogP contribution in [0.15, 0.2) is 48.5 Å². The molecule has 112 valence electrons. The molecule has 0 spiro atoms. The average molecular weight is 285 g/mol. The average Bonchev–Trinajstić information content (AvgIpc) is 2.47. The predicted octanol–water partition coefficient (Wildman–Crippen LogP) is 3.72. The highest BCUT2D eigenvalue weighted by Crippen LogP contribution is 2.22. The highest BCUT2D eigenvalue weighted by atomic mass is 16.5. The zero-order valence-corrected chi connectivity index (χ0v) is 12.9. The van der Waals surface area contributed by atoms with Crippen LogP contribution in [0.5, 0.6) is 11.5 Å². The third-order valence-electron chi connectivity index (χ3n) is 3.27. The summed E-state index contributed by atoms with van der Waals surface area (Å²) < 4.78 is 10.9. The maximum Gasteiger partial charge on any atom is 0.119 e. The molecule has 0 saturated carbocycles. The fourth-order valence-corrected chi connectivity index (χ4v) is 2.24. The van der Waals surface area contributed by atoms with E-state index in [1.807, 2.05) is 56.3 Å². The molecule has 3 nitrogen and oxygen atoms in total. The van der Waals surface area contributed by atoms with E-state index in [2.05, 4.69) is 6.07 Å². The van der Waals surface area contributed by atoms with Gasteiger partial charge in [-0.05, 0) is 55.7 Å². The lowest BCUT2D eigenvalue weighted by molar-refractivity contribution is 0.242. The van der Waals surface area contributed by atoms with Gasteiger partial charge in [0.1, 0.15) is 11.5 Å². The van der Waals surface area contributed by atoms with E-state index in [0.717, 1.165) is 23.5 Å². The summed E-state index contributed by atoms with van der Waals surface area (Å²) in [6.45, 7) is 4.03. The summed E-state index contributed by atoms with van der Waals surface area (Å²) in [7, 11) is 1.67. The monoisotopic (exact) mass is 285 g/mol. The van der Waals surface area contributed by atoms with E-state index >= 15 is 0 Å². The fraction of sp³-hybridized carbons (Fsp3) is 0.333. The maximum atomic E-state index is 6.29. The number of hydrogen-bond acceptors (Lipinski definition) is 3. The summed E-state index contributed by atoms with van der Waals surface area (Å²) in [6, 6.07) is 16.0. The second-order valence-corrected chi connectivity index (χ2v) is 5.40. The molecule has 0 fully saturated rings. The topological polar surface area (TPSA) is 44.5 Å². The quantitative estimate of drug-likeness (QED) is 0.879. The van der Waals surface area contributed by atoms with Gasteiger partial charge in [-0.25, -0.2) is 0 Å². The molecular formula is C18H23NO2. The summed E-state index contributed by atoms with van der Waals surface area (Å²) in [6.07, 6.45) is 0.961. The summed E-state index contributed by atoms with van der Waals surface area (Å²) in [5.74, 6) is 1.74. The number of ether oxygens (including phenoxy) is 2. The highest BCUT2D eigenvalue weighted by molar-refractivity contribution is 5.32. The molecule has 0 amide bonds. The number of benzene rings is 2. The van der Waals surface area contributed by atoms with E-state index in [4.69, 9.17) is 15.2 Å². The van der Waals surface area contributed by atoms with E-state index in [9.17, 15) is 0 Å². The molecule has 2 rings (SSSR count). The van der Waals surface area contributed by atoms with Crippen molar-refractivity contribution in [2.75, 3.05) is 7.11 Å². The molecule has 0 radical (unpaired) electrons. The third-order valence-corrected chi connectivity index (χ3v) is 3.27. The molecule has 0 aliphatic carbocycles. The van der Waals surface area contributed by atoms with Crippen LogP contribution in [0, 0.1) is 0 Å². The van der Waals surface area contributed by atoms with E-state index in [1.165, 1.54) is 5.56 Å². The van der Waals surface area contributed by atoms with Crippen LogP contribution in [0.2, 0.25) is 0 Å². The van der Waals surface area contributed by atoms with Crippen molar-refractivity contribution >= 4 is 0 Å². The Morgan fingerprint density at radius 3 is 2.33 bits per heavy atom. The van der Waals surface area contributed by atoms with E-state index in [0.29, 0.717) is 0 Å². The number of hydrogen-bond donors (Lipinski definition) is 1. The van der Waals surface area contributed by atoms with Crippen LogP contribution < -0.4 is 15.2 Å². The van der Waals surface area contributed by atoms with Gasteiger partial charge in [0.15, 0.2) is 0 Å². The first-order chi connectivity index (χ1) is 10.1. The molecule has 0 aliphatic heterocycles. The van der Waals surface area contributed by atoms with Crippen LogP contribution in [0.4, 0.5) is 0 Å². The van der Waals surface area contributed by atoms with Crippen LogP contribution in [-0.2, 0) is 6.42 Å². The van der Waals surface area contributed by atoms with Crippen LogP contribution >= 0.6 is 0 Å². The molecule has 0 saturated heterocycles. The van der Waals surface area contributed by atoms with Gasteiger partial charge in [0.2, 0.25) is 0 Å². The molecular weight excluding hydrogens is 262 g/mol. The Morgan fingerprint density at radius 2 is 1.71 bits per heavy atom. The molecule has 2 aromatic rings. The van der Waals surface area contributed by atoms with Gasteiger partial charge in [-0.3, -0.25) is 0 Å². The van der Waals surface area contributed by atoms with Crippen LogP contribution in [0.3, 0.4) is 0 Å². The van der Waals surface area contributed by atoms with Gasteiger partial charge >= 0.3 is 0 Å². The van der Waals surface area contributed by atoms with Gasteiger partial charge < -0.3 is 15.2 Å². The van der Waals surface area contributed by atoms with Gasteiger partial charge in [-0.15, -0.1) is 0 Å². The second kappa shape index (κ2) is 7.14. The van der Waals surface area contributed by atoms with Crippen molar-refractivity contribution in [3.8, 4) is 11.5 Å². The molecule has 0 aromatic heterocycles. The Kier molecular flexibility index (Phi) is 5.23. The SMILES string of the molecule is COc1cccc(CC(N)c2ccc(OC(C)C)cc2)c1. The minimum atomic E-state index is -0.0368. The van der Waals surface area contributed by atoms with Gasteiger partial charge in [0.25, 0.3) is 0 Å². The van der Waals surface area contributed by atoms with E-state index in [-0.39, 0.29) is 12.1 Å². The fourth-order valence-electron chi connectivity index (χ4n) is 2.24. The van der Waals surface area contributed by atoms with Crippen molar-refractivity contribution in [3.63, 3.8) is 0 Å². The van der Waals surface area contributed by atoms with Gasteiger partial charge in [-0.2, -0.15) is 0 Å². The third kappa shape index (κ3) is 4.50. The normalized spacial score (nSPS) is 12.2. The maximum absolute atomic E-state index is 6.29. The van der Waals surface area contributed by atoms with Crippen molar-refractivity contribution in [1.29, 1.82) is 0 Å². The van der Waals surface area contributed by atoms with Crippen molar-refractivity contribution in [1.82, 2.24) is 0 Å². The first-order valence-corrected chi connectivity index (χ1v) is 7.23. The lowest BCUT2D eigenvalue weighted by Gasteiger charge is -2.14. The predicted molar refractivity (Wildman–Crippen MR) is 85.8 cm³/mol. The highest BCUT2D eigenvalue weighted by Gasteiger charge is 2.08. The molecule has 1 unspecified atom stereocenters. The summed E-state index contributed by atoms with van der Waals surface area (Å²) in [4.78, 5) is 0. The molecule has 0 bridgehead atoms. The Hall–Kier alpha value is -2.00. The Labute approximate surface area is 126 Å². The van der Waals surface area contributed by atoms with Gasteiger partial charge in [-0.1, -0.05) is 24.3 Å². The minimum Gasteiger partial charge on any atom is -0.497 e. The van der Waals surface area contributed by atoms with Crippen LogP contribution in [0.1, 0.15) is 31.0 Å². The first-order valence-electron chi connectivity index (χ1n) is 7.23. The molecule has 0 heterocycles. The van der Waals surface area contributed by atoms with E-state index < -0.39 is 0 Å². The molecule has 2 N–H and O–H groups in total. The van der Waals surface area contributed by atoms with Crippen molar-refractivity contribution in [2.24, 2.45) is 5.73 Å². The summed E-state index contributed by atoms with van der Waals surface area (Å²) in [5.41, 5.74) is 8.56. The first kappa shape index (κ1) is 15.4. The lowest BCUT2D eigenvalue weighted by Crippen LogP contribution is -2.13. The van der Waals surface area contributed by atoms with Crippen LogP contribution in [0.25, 0.3) is 0 Å². The molecule has 3 heteroatoms. The number of nitrogens with two attached hydrogens (primary N) is 1. The van der Waals surface area contributed by atoms with Crippen molar-refractivity contribution in [3.05, 3.63) is 59.7 Å². The molecule has 1 atom stereocenters. The lowest BCUT2D eigenvalue weighted by atomic mass is 9.99. The molecule has 0 aliphatic rings. The summed E-state index contributed by atoms with van der Waals surface area (Å²) in [5, 5.41) is 0.